The van der Waals surface area contributed by atoms with Crippen molar-refractivity contribution in [2.75, 3.05) is 33.2 Å². The third-order valence-electron chi connectivity index (χ3n) is 4.83. The zero-order valence-electron chi connectivity index (χ0n) is 15.7. The van der Waals surface area contributed by atoms with Crippen LogP contribution in [0.1, 0.15) is 29.9 Å². The maximum absolute atomic E-state index is 12.0. The van der Waals surface area contributed by atoms with Gasteiger partial charge in [-0.15, -0.1) is 0 Å². The summed E-state index contributed by atoms with van der Waals surface area (Å²) >= 11 is 0. The van der Waals surface area contributed by atoms with Crippen molar-refractivity contribution in [3.63, 3.8) is 0 Å². The minimum absolute atomic E-state index is 0.230. The van der Waals surface area contributed by atoms with Crippen LogP contribution in [0.3, 0.4) is 0 Å². The number of likely N-dealkylation sites (tertiary alicyclic amines) is 1. The Balaban J connectivity index is 1.48. The van der Waals surface area contributed by atoms with E-state index in [0.29, 0.717) is 30.7 Å². The van der Waals surface area contributed by atoms with Gasteiger partial charge in [-0.2, -0.15) is 0 Å². The molecule has 1 aliphatic rings. The van der Waals surface area contributed by atoms with Gasteiger partial charge in [0.1, 0.15) is 5.69 Å². The summed E-state index contributed by atoms with van der Waals surface area (Å²) in [6, 6.07) is 0.371. The minimum Gasteiger partial charge on any atom is -0.354 e. The van der Waals surface area contributed by atoms with E-state index >= 15 is 0 Å². The van der Waals surface area contributed by atoms with Crippen LogP contribution in [0, 0.1) is 5.92 Å². The third-order valence-corrected chi connectivity index (χ3v) is 4.83. The first-order valence-corrected chi connectivity index (χ1v) is 9.16. The van der Waals surface area contributed by atoms with Crippen LogP contribution in [0.15, 0.2) is 42.3 Å². The average molecular weight is 370 g/mol. The quantitative estimate of drug-likeness (QED) is 0.453. The Morgan fingerprint density at radius 3 is 2.81 bits per heavy atom. The Morgan fingerprint density at radius 2 is 2.11 bits per heavy atom. The molecule has 2 aromatic heterocycles. The predicted octanol–water partition coefficient (Wildman–Crippen LogP) is 0.561. The van der Waals surface area contributed by atoms with Gasteiger partial charge < -0.3 is 20.1 Å². The lowest BCUT2D eigenvalue weighted by molar-refractivity contribution is 0.0948. The molecule has 2 N–H and O–H groups in total. The second kappa shape index (κ2) is 9.11. The number of hydrogen-bond acceptors (Lipinski definition) is 5. The van der Waals surface area contributed by atoms with Crippen molar-refractivity contribution < 1.29 is 4.79 Å². The Kier molecular flexibility index (Phi) is 6.35. The first-order chi connectivity index (χ1) is 13.2. The molecule has 27 heavy (non-hydrogen) atoms. The lowest BCUT2D eigenvalue weighted by atomic mass is 9.93. The highest BCUT2D eigenvalue weighted by molar-refractivity contribution is 5.91. The molecule has 0 radical (unpaired) electrons. The maximum atomic E-state index is 12.0. The van der Waals surface area contributed by atoms with E-state index in [9.17, 15) is 4.79 Å². The molecule has 3 heterocycles. The lowest BCUT2D eigenvalue weighted by Crippen LogP contribution is -2.50. The van der Waals surface area contributed by atoms with Gasteiger partial charge in [0.15, 0.2) is 5.96 Å². The van der Waals surface area contributed by atoms with Crippen molar-refractivity contribution >= 4 is 11.9 Å². The molecule has 9 nitrogen and oxygen atoms in total. The van der Waals surface area contributed by atoms with Gasteiger partial charge in [-0.3, -0.25) is 14.8 Å². The molecule has 1 amide bonds. The summed E-state index contributed by atoms with van der Waals surface area (Å²) in [5, 5.41) is 6.16. The summed E-state index contributed by atoms with van der Waals surface area (Å²) in [5.74, 6) is 1.20. The molecule has 1 aliphatic heterocycles. The number of guanidine groups is 1. The highest BCUT2D eigenvalue weighted by Crippen LogP contribution is 2.27. The molecule has 1 saturated heterocycles. The Bertz CT molecular complexity index is 746. The highest BCUT2D eigenvalue weighted by atomic mass is 16.1. The van der Waals surface area contributed by atoms with E-state index in [2.05, 4.69) is 47.0 Å². The SMILES string of the molecule is CN=C(NCCNC(=O)c1cnccn1)N1CCC(C)C(n2ccnc2)C1. The number of hydrogen-bond donors (Lipinski definition) is 2. The van der Waals surface area contributed by atoms with Crippen LogP contribution in [0.25, 0.3) is 0 Å². The van der Waals surface area contributed by atoms with E-state index in [1.165, 1.54) is 12.4 Å². The van der Waals surface area contributed by atoms with E-state index in [1.807, 2.05) is 18.7 Å². The van der Waals surface area contributed by atoms with E-state index in [1.54, 1.807) is 13.2 Å². The number of carbonyl (C=O) groups excluding carboxylic acids is 1. The molecule has 2 atom stereocenters. The number of aromatic nitrogens is 4. The smallest absolute Gasteiger partial charge is 0.271 e. The van der Waals surface area contributed by atoms with Crippen molar-refractivity contribution in [1.29, 1.82) is 0 Å². The second-order valence-corrected chi connectivity index (χ2v) is 6.61. The van der Waals surface area contributed by atoms with Gasteiger partial charge in [0.25, 0.3) is 5.91 Å². The molecule has 0 aliphatic carbocycles. The second-order valence-electron chi connectivity index (χ2n) is 6.61. The van der Waals surface area contributed by atoms with Gasteiger partial charge in [-0.05, 0) is 12.3 Å². The normalized spacial score (nSPS) is 20.4. The number of amides is 1. The maximum Gasteiger partial charge on any atom is 0.271 e. The van der Waals surface area contributed by atoms with Crippen molar-refractivity contribution in [3.8, 4) is 0 Å². The zero-order valence-corrected chi connectivity index (χ0v) is 15.7. The number of piperidine rings is 1. The predicted molar refractivity (Wildman–Crippen MR) is 102 cm³/mol. The van der Waals surface area contributed by atoms with Gasteiger partial charge >= 0.3 is 0 Å². The largest absolute Gasteiger partial charge is 0.354 e. The fraction of sp³-hybridized carbons (Fsp3) is 0.500. The van der Waals surface area contributed by atoms with Crippen LogP contribution < -0.4 is 10.6 Å². The molecule has 3 rings (SSSR count). The number of imidazole rings is 1. The molecular weight excluding hydrogens is 344 g/mol. The molecule has 1 fully saturated rings. The summed E-state index contributed by atoms with van der Waals surface area (Å²) in [5.41, 5.74) is 0.315. The molecule has 0 saturated carbocycles. The van der Waals surface area contributed by atoms with E-state index in [4.69, 9.17) is 0 Å². The monoisotopic (exact) mass is 370 g/mol. The number of rotatable bonds is 5. The number of nitrogens with one attached hydrogen (secondary N) is 2. The Labute approximate surface area is 158 Å². The highest BCUT2D eigenvalue weighted by Gasteiger charge is 2.28. The molecule has 0 bridgehead atoms. The molecule has 144 valence electrons. The van der Waals surface area contributed by atoms with Gasteiger partial charge in [0, 0.05) is 58.0 Å². The molecule has 2 aromatic rings. The topological polar surface area (TPSA) is 100 Å². The van der Waals surface area contributed by atoms with E-state index in [0.717, 1.165) is 25.5 Å². The first-order valence-electron chi connectivity index (χ1n) is 9.16. The zero-order chi connectivity index (χ0) is 19.1. The number of nitrogens with zero attached hydrogens (tertiary/aromatic N) is 6. The average Bonchev–Trinajstić information content (AvgIpc) is 3.24. The van der Waals surface area contributed by atoms with Crippen molar-refractivity contribution in [2.45, 2.75) is 19.4 Å². The van der Waals surface area contributed by atoms with E-state index in [-0.39, 0.29) is 5.91 Å². The molecule has 0 aromatic carbocycles. The summed E-state index contributed by atoms with van der Waals surface area (Å²) in [7, 11) is 1.78. The minimum atomic E-state index is -0.230. The van der Waals surface area contributed by atoms with Crippen LogP contribution >= 0.6 is 0 Å². The van der Waals surface area contributed by atoms with Gasteiger partial charge in [-0.25, -0.2) is 9.97 Å². The Hall–Kier alpha value is -2.97. The first kappa shape index (κ1) is 18.8. The van der Waals surface area contributed by atoms with Crippen LogP contribution in [0.5, 0.6) is 0 Å². The molecule has 2 unspecified atom stereocenters. The standard InChI is InChI=1S/C18H26N8O/c1-14-3-9-25(12-16(14)26-10-8-21-13-26)18(19-2)24-7-6-23-17(27)15-11-20-4-5-22-15/h4-5,8,10-11,13-14,16H,3,6-7,9,12H2,1-2H3,(H,19,24)(H,23,27). The van der Waals surface area contributed by atoms with Gasteiger partial charge in [0.05, 0.1) is 18.6 Å². The van der Waals surface area contributed by atoms with Crippen molar-refractivity contribution in [2.24, 2.45) is 10.9 Å². The van der Waals surface area contributed by atoms with Crippen molar-refractivity contribution in [1.82, 2.24) is 35.1 Å². The molecular formula is C18H26N8O. The Morgan fingerprint density at radius 1 is 1.26 bits per heavy atom. The summed E-state index contributed by atoms with van der Waals surface area (Å²) in [6.07, 6.45) is 11.3. The van der Waals surface area contributed by atoms with Crippen molar-refractivity contribution in [3.05, 3.63) is 43.0 Å². The van der Waals surface area contributed by atoms with Gasteiger partial charge in [0.2, 0.25) is 0 Å². The number of carbonyl (C=O) groups is 1. The fourth-order valence-corrected chi connectivity index (χ4v) is 3.28. The van der Waals surface area contributed by atoms with Gasteiger partial charge in [-0.1, -0.05) is 6.92 Å². The number of aliphatic imine (C=N–C) groups is 1. The lowest BCUT2D eigenvalue weighted by Gasteiger charge is -2.39. The van der Waals surface area contributed by atoms with Crippen LogP contribution in [0.2, 0.25) is 0 Å². The van der Waals surface area contributed by atoms with E-state index < -0.39 is 0 Å². The summed E-state index contributed by atoms with van der Waals surface area (Å²) in [6.45, 7) is 5.17. The summed E-state index contributed by atoms with van der Waals surface area (Å²) in [4.78, 5) is 30.7. The molecule has 9 heteroatoms. The van der Waals surface area contributed by atoms with Crippen LogP contribution in [-0.4, -0.2) is 69.5 Å². The van der Waals surface area contributed by atoms with Crippen LogP contribution in [0.4, 0.5) is 0 Å². The van der Waals surface area contributed by atoms with Crippen LogP contribution in [-0.2, 0) is 0 Å². The fourth-order valence-electron chi connectivity index (χ4n) is 3.28. The molecule has 0 spiro atoms. The third kappa shape index (κ3) is 4.81. The summed E-state index contributed by atoms with van der Waals surface area (Å²) < 4.78 is 2.17.